The molecular weight excluding hydrogens is 989 g/mol. The molecule has 76 heavy (non-hydrogen) atoms. The van der Waals surface area contributed by atoms with Gasteiger partial charge in [-0.15, -0.1) is 22.7 Å². The molecule has 0 saturated carbocycles. The molecule has 2 aromatic heterocycles. The molecule has 10 heteroatoms. The van der Waals surface area contributed by atoms with Crippen molar-refractivity contribution >= 4 is 97.1 Å². The van der Waals surface area contributed by atoms with Gasteiger partial charge in [-0.25, -0.2) is 17.6 Å². The second-order valence-electron chi connectivity index (χ2n) is 20.0. The Morgan fingerprint density at radius 2 is 0.737 bits per heavy atom. The SMILES string of the molecule is CC1(C)c2ccccc2C2(c3cc(N(c4cc(F)cc(F)c4)c4cccc5c4sc4c(C#N)cccc45)ccc3-c3ccc(N(c4cc(F)cc(F)c4)c4cccc5c4sc4c(C#N)cccc45)cc32)c2ccccc21. The highest BCUT2D eigenvalue weighted by molar-refractivity contribution is 7.27. The van der Waals surface area contributed by atoms with E-state index in [1.54, 1.807) is 12.1 Å². The van der Waals surface area contributed by atoms with Gasteiger partial charge in [0, 0.05) is 50.5 Å². The molecule has 4 nitrogen and oxygen atoms in total. The molecule has 0 saturated heterocycles. The molecule has 14 rings (SSSR count). The highest BCUT2D eigenvalue weighted by Gasteiger charge is 2.54. The standard InChI is InChI=1S/C66H38F4N4S2/c1-65(2)53-17-3-5-19-55(53)66(56-20-6-4-18-54(56)65)57-33-43(73(45-29-39(67)27-40(68)30-45)59-21-9-15-51-49-13-7-11-37(35-71)61(49)75-63(51)59)23-25-47(57)48-26-24-44(34-58(48)66)74(46-31-41(69)28-42(70)32-46)60-22-10-16-52-50-14-8-12-38(36-72)62(50)76-64(52)60/h3-34H,1-2H3. The second-order valence-corrected chi connectivity index (χ2v) is 22.0. The third-order valence-electron chi connectivity index (χ3n) is 15.6. The Morgan fingerprint density at radius 1 is 0.368 bits per heavy atom. The van der Waals surface area contributed by atoms with Gasteiger partial charge >= 0.3 is 0 Å². The van der Waals surface area contributed by atoms with Crippen LogP contribution in [0.15, 0.2) is 194 Å². The van der Waals surface area contributed by atoms with Crippen LogP contribution in [0.1, 0.15) is 58.4 Å². The first-order valence-corrected chi connectivity index (χ1v) is 26.3. The Bertz CT molecular complexity index is 4250. The number of anilines is 6. The summed E-state index contributed by atoms with van der Waals surface area (Å²) in [4.78, 5) is 3.82. The summed E-state index contributed by atoms with van der Waals surface area (Å²) >= 11 is 2.94. The van der Waals surface area contributed by atoms with Crippen molar-refractivity contribution in [2.75, 3.05) is 9.80 Å². The van der Waals surface area contributed by atoms with Crippen molar-refractivity contribution < 1.29 is 17.6 Å². The number of fused-ring (bicyclic) bond motifs is 15. The monoisotopic (exact) mass is 1030 g/mol. The van der Waals surface area contributed by atoms with Crippen LogP contribution >= 0.6 is 22.7 Å². The normalized spacial score (nSPS) is 13.6. The highest BCUT2D eigenvalue weighted by Crippen LogP contribution is 2.64. The predicted octanol–water partition coefficient (Wildman–Crippen LogP) is 18.7. The van der Waals surface area contributed by atoms with Crippen LogP contribution < -0.4 is 9.80 Å². The van der Waals surface area contributed by atoms with Crippen molar-refractivity contribution in [3.05, 3.63) is 262 Å². The van der Waals surface area contributed by atoms with E-state index in [4.69, 9.17) is 0 Å². The molecule has 2 heterocycles. The first-order chi connectivity index (χ1) is 37.0. The summed E-state index contributed by atoms with van der Waals surface area (Å²) in [6.07, 6.45) is 0. The molecule has 2 aliphatic carbocycles. The van der Waals surface area contributed by atoms with Gasteiger partial charge in [-0.1, -0.05) is 123 Å². The molecule has 0 aliphatic heterocycles. The number of hydrogen-bond donors (Lipinski definition) is 0. The third kappa shape index (κ3) is 6.45. The van der Waals surface area contributed by atoms with E-state index in [0.717, 1.165) is 97.0 Å². The fourth-order valence-corrected chi connectivity index (χ4v) is 15.0. The van der Waals surface area contributed by atoms with Crippen LogP contribution in [-0.2, 0) is 10.8 Å². The van der Waals surface area contributed by atoms with E-state index in [-0.39, 0.29) is 11.4 Å². The van der Waals surface area contributed by atoms with Gasteiger partial charge in [0.1, 0.15) is 35.4 Å². The second kappa shape index (κ2) is 16.7. The summed E-state index contributed by atoms with van der Waals surface area (Å²) in [6.45, 7) is 4.49. The maximum atomic E-state index is 15.7. The van der Waals surface area contributed by atoms with Gasteiger partial charge in [0.2, 0.25) is 0 Å². The predicted molar refractivity (Wildman–Crippen MR) is 300 cm³/mol. The molecule has 0 amide bonds. The van der Waals surface area contributed by atoms with Crippen LogP contribution in [0.2, 0.25) is 0 Å². The minimum atomic E-state index is -1.02. The van der Waals surface area contributed by atoms with Crippen LogP contribution in [0.5, 0.6) is 0 Å². The molecule has 0 bridgehead atoms. The first-order valence-electron chi connectivity index (χ1n) is 24.7. The number of nitriles is 2. The van der Waals surface area contributed by atoms with Gasteiger partial charge in [-0.2, -0.15) is 10.5 Å². The lowest BCUT2D eigenvalue weighted by atomic mass is 9.55. The van der Waals surface area contributed by atoms with E-state index in [2.05, 4.69) is 98.8 Å². The number of thiophene rings is 2. The highest BCUT2D eigenvalue weighted by atomic mass is 32.1. The number of hydrogen-bond acceptors (Lipinski definition) is 6. The molecule has 12 aromatic rings. The smallest absolute Gasteiger partial charge is 0.128 e. The summed E-state index contributed by atoms with van der Waals surface area (Å²) in [6, 6.07) is 64.5. The van der Waals surface area contributed by atoms with Crippen LogP contribution in [0, 0.1) is 45.9 Å². The topological polar surface area (TPSA) is 54.1 Å². The molecule has 2 aliphatic rings. The van der Waals surface area contributed by atoms with Gasteiger partial charge in [0.05, 0.1) is 58.1 Å². The minimum absolute atomic E-state index is 0.274. The van der Waals surface area contributed by atoms with E-state index >= 15 is 17.6 Å². The Kier molecular flexibility index (Phi) is 10.0. The minimum Gasteiger partial charge on any atom is -0.309 e. The van der Waals surface area contributed by atoms with Gasteiger partial charge in [0.25, 0.3) is 0 Å². The van der Waals surface area contributed by atoms with Crippen molar-refractivity contribution in [2.24, 2.45) is 0 Å². The van der Waals surface area contributed by atoms with Crippen molar-refractivity contribution in [2.45, 2.75) is 24.7 Å². The van der Waals surface area contributed by atoms with Gasteiger partial charge in [0.15, 0.2) is 0 Å². The maximum Gasteiger partial charge on any atom is 0.128 e. The zero-order chi connectivity index (χ0) is 51.8. The van der Waals surface area contributed by atoms with Gasteiger partial charge < -0.3 is 9.80 Å². The number of halogens is 4. The number of nitrogens with zero attached hydrogens (tertiary/aromatic N) is 4. The maximum absolute atomic E-state index is 15.7. The van der Waals surface area contributed by atoms with Crippen LogP contribution in [0.25, 0.3) is 51.5 Å². The van der Waals surface area contributed by atoms with Crippen molar-refractivity contribution in [1.29, 1.82) is 10.5 Å². The molecule has 362 valence electrons. The summed E-state index contributed by atoms with van der Waals surface area (Å²) < 4.78 is 66.1. The Balaban J connectivity index is 1.07. The lowest BCUT2D eigenvalue weighted by Gasteiger charge is -2.47. The van der Waals surface area contributed by atoms with Crippen LogP contribution in [-0.4, -0.2) is 0 Å². The van der Waals surface area contributed by atoms with Crippen molar-refractivity contribution in [1.82, 2.24) is 0 Å². The fourth-order valence-electron chi connectivity index (χ4n) is 12.5. The van der Waals surface area contributed by atoms with E-state index in [1.807, 2.05) is 82.6 Å². The average molecular weight is 1030 g/mol. The van der Waals surface area contributed by atoms with Gasteiger partial charge in [-0.3, -0.25) is 0 Å². The van der Waals surface area contributed by atoms with E-state index < -0.39 is 34.1 Å². The van der Waals surface area contributed by atoms with E-state index in [1.165, 1.54) is 46.9 Å². The zero-order valence-corrected chi connectivity index (χ0v) is 42.2. The average Bonchev–Trinajstić information content (AvgIpc) is 4.11. The largest absolute Gasteiger partial charge is 0.309 e. The third-order valence-corrected chi connectivity index (χ3v) is 18.1. The molecule has 0 fully saturated rings. The quantitative estimate of drug-likeness (QED) is 0.156. The lowest BCUT2D eigenvalue weighted by Crippen LogP contribution is -2.40. The molecule has 0 radical (unpaired) electrons. The summed E-state index contributed by atoms with van der Waals surface area (Å²) in [7, 11) is 0. The number of rotatable bonds is 6. The first kappa shape index (κ1) is 45.5. The Hall–Kier alpha value is -9.06. The van der Waals surface area contributed by atoms with E-state index in [9.17, 15) is 10.5 Å². The van der Waals surface area contributed by atoms with E-state index in [0.29, 0.717) is 33.9 Å². The molecule has 1 spiro atoms. The molecule has 0 atom stereocenters. The lowest BCUT2D eigenvalue weighted by molar-refractivity contribution is 0.563. The fraction of sp³-hybridized carbons (Fsp3) is 0.0606. The molecule has 0 unspecified atom stereocenters. The molecule has 10 aromatic carbocycles. The van der Waals surface area contributed by atoms with Crippen molar-refractivity contribution in [3.63, 3.8) is 0 Å². The van der Waals surface area contributed by atoms with Crippen LogP contribution in [0.3, 0.4) is 0 Å². The summed E-state index contributed by atoms with van der Waals surface area (Å²) in [5, 5.41) is 24.1. The molecular formula is C66H38F4N4S2. The summed E-state index contributed by atoms with van der Waals surface area (Å²) in [5.74, 6) is -2.93. The number of benzene rings is 10. The van der Waals surface area contributed by atoms with Crippen molar-refractivity contribution in [3.8, 4) is 23.3 Å². The Labute approximate surface area is 442 Å². The van der Waals surface area contributed by atoms with Crippen LogP contribution in [0.4, 0.5) is 51.7 Å². The zero-order valence-electron chi connectivity index (χ0n) is 40.6. The molecule has 0 N–H and O–H groups in total. The Morgan fingerprint density at radius 3 is 1.13 bits per heavy atom. The summed E-state index contributed by atoms with van der Waals surface area (Å²) in [5.41, 5.74) is 10.9. The van der Waals surface area contributed by atoms with Gasteiger partial charge in [-0.05, 0) is 117 Å².